The van der Waals surface area contributed by atoms with E-state index in [1.165, 1.54) is 69.4 Å². The number of likely N-dealkylation sites (tertiary alicyclic amines) is 1. The van der Waals surface area contributed by atoms with Crippen LogP contribution in [0.5, 0.6) is 0 Å². The lowest BCUT2D eigenvalue weighted by molar-refractivity contribution is 0.133. The zero-order chi connectivity index (χ0) is 12.8. The molecule has 2 atom stereocenters. The number of piperidine rings is 1. The molecule has 0 bridgehead atoms. The van der Waals surface area contributed by atoms with E-state index in [1.807, 2.05) is 0 Å². The van der Waals surface area contributed by atoms with E-state index in [0.29, 0.717) is 0 Å². The van der Waals surface area contributed by atoms with E-state index in [0.717, 1.165) is 17.8 Å². The molecule has 3 aliphatic rings. The maximum absolute atomic E-state index is 4.72. The predicted molar refractivity (Wildman–Crippen MR) is 76.3 cm³/mol. The van der Waals surface area contributed by atoms with E-state index in [9.17, 15) is 0 Å². The molecule has 1 aliphatic heterocycles. The molecule has 19 heavy (non-hydrogen) atoms. The minimum atomic E-state index is 0.762. The van der Waals surface area contributed by atoms with Gasteiger partial charge in [0.15, 0.2) is 0 Å². The van der Waals surface area contributed by atoms with Crippen molar-refractivity contribution in [2.24, 2.45) is 11.8 Å². The third-order valence-electron chi connectivity index (χ3n) is 5.75. The molecule has 4 rings (SSSR count). The summed E-state index contributed by atoms with van der Waals surface area (Å²) in [5, 5.41) is 8.10. The second kappa shape index (κ2) is 4.62. The number of nitrogens with one attached hydrogen (secondary N) is 1. The maximum Gasteiger partial charge on any atom is 0.0687 e. The summed E-state index contributed by atoms with van der Waals surface area (Å²) in [5.41, 5.74) is 4.54. The Morgan fingerprint density at radius 2 is 1.95 bits per heavy atom. The third kappa shape index (κ3) is 2.03. The molecule has 0 amide bonds. The van der Waals surface area contributed by atoms with Crippen LogP contribution in [-0.4, -0.2) is 35.2 Å². The van der Waals surface area contributed by atoms with Crippen LogP contribution >= 0.6 is 0 Å². The number of aromatic amines is 1. The van der Waals surface area contributed by atoms with Crippen molar-refractivity contribution >= 4 is 0 Å². The van der Waals surface area contributed by atoms with Gasteiger partial charge in [-0.3, -0.25) is 5.10 Å². The fraction of sp³-hybridized carbons (Fsp3) is 0.812. The highest BCUT2D eigenvalue weighted by Gasteiger charge is 2.36. The van der Waals surface area contributed by atoms with Crippen LogP contribution in [0.1, 0.15) is 55.0 Å². The Kier molecular flexibility index (Phi) is 2.91. The molecule has 3 nitrogen and oxygen atoms in total. The highest BCUT2D eigenvalue weighted by molar-refractivity contribution is 5.32. The van der Waals surface area contributed by atoms with Crippen molar-refractivity contribution in [2.75, 3.05) is 20.1 Å². The first-order chi connectivity index (χ1) is 9.31. The summed E-state index contributed by atoms with van der Waals surface area (Å²) >= 11 is 0. The molecule has 1 aromatic rings. The van der Waals surface area contributed by atoms with Gasteiger partial charge in [-0.2, -0.15) is 5.10 Å². The Hall–Kier alpha value is -0.830. The van der Waals surface area contributed by atoms with Crippen LogP contribution in [0.2, 0.25) is 0 Å². The fourth-order valence-electron chi connectivity index (χ4n) is 4.64. The summed E-state index contributed by atoms with van der Waals surface area (Å²) in [6, 6.07) is 0. The van der Waals surface area contributed by atoms with Gasteiger partial charge in [-0.1, -0.05) is 12.8 Å². The Bertz CT molecular complexity index is 459. The lowest BCUT2D eigenvalue weighted by atomic mass is 9.73. The molecular formula is C16H25N3. The van der Waals surface area contributed by atoms with Gasteiger partial charge in [-0.05, 0) is 63.1 Å². The van der Waals surface area contributed by atoms with Gasteiger partial charge in [0.1, 0.15) is 0 Å². The van der Waals surface area contributed by atoms with Crippen LogP contribution in [0.15, 0.2) is 0 Å². The summed E-state index contributed by atoms with van der Waals surface area (Å²) in [6.07, 6.45) is 9.46. The van der Waals surface area contributed by atoms with Gasteiger partial charge in [-0.25, -0.2) is 0 Å². The molecular weight excluding hydrogens is 234 g/mol. The van der Waals surface area contributed by atoms with Crippen molar-refractivity contribution in [1.82, 2.24) is 15.1 Å². The SMILES string of the molecule is CN1CC[C@@H]2Cc3[nH]nc(C4CCCC4)c3C[C@H]2C1. The van der Waals surface area contributed by atoms with Crippen molar-refractivity contribution in [3.63, 3.8) is 0 Å². The van der Waals surface area contributed by atoms with Crippen LogP contribution < -0.4 is 0 Å². The number of H-pyrrole nitrogens is 1. The van der Waals surface area contributed by atoms with Crippen LogP contribution in [-0.2, 0) is 12.8 Å². The van der Waals surface area contributed by atoms with Crippen molar-refractivity contribution < 1.29 is 0 Å². The zero-order valence-electron chi connectivity index (χ0n) is 12.0. The van der Waals surface area contributed by atoms with Crippen molar-refractivity contribution in [3.05, 3.63) is 17.0 Å². The van der Waals surface area contributed by atoms with E-state index in [4.69, 9.17) is 5.10 Å². The Morgan fingerprint density at radius 3 is 2.79 bits per heavy atom. The van der Waals surface area contributed by atoms with E-state index >= 15 is 0 Å². The quantitative estimate of drug-likeness (QED) is 0.841. The Labute approximate surface area is 115 Å². The fourth-order valence-corrected chi connectivity index (χ4v) is 4.64. The third-order valence-corrected chi connectivity index (χ3v) is 5.75. The lowest BCUT2D eigenvalue weighted by Crippen LogP contribution is -2.42. The number of rotatable bonds is 1. The van der Waals surface area contributed by atoms with Crippen LogP contribution in [0.25, 0.3) is 0 Å². The minimum Gasteiger partial charge on any atom is -0.306 e. The highest BCUT2D eigenvalue weighted by atomic mass is 15.1. The molecule has 1 N–H and O–H groups in total. The van der Waals surface area contributed by atoms with Crippen LogP contribution in [0.3, 0.4) is 0 Å². The van der Waals surface area contributed by atoms with E-state index in [1.54, 1.807) is 5.56 Å². The summed E-state index contributed by atoms with van der Waals surface area (Å²) in [7, 11) is 2.28. The first-order valence-electron chi connectivity index (χ1n) is 8.06. The second-order valence-corrected chi connectivity index (χ2v) is 7.03. The lowest BCUT2D eigenvalue weighted by Gasteiger charge is -2.39. The standard InChI is InChI=1S/C16H25N3/c1-19-7-6-12-9-15-14(8-13(12)10-19)16(18-17-15)11-4-2-3-5-11/h11-13H,2-10H2,1H3,(H,17,18)/t12-,13+/m1/s1. The van der Waals surface area contributed by atoms with Gasteiger partial charge in [0.2, 0.25) is 0 Å². The van der Waals surface area contributed by atoms with Crippen LogP contribution in [0, 0.1) is 11.8 Å². The Balaban J connectivity index is 1.61. The van der Waals surface area contributed by atoms with Crippen molar-refractivity contribution in [1.29, 1.82) is 0 Å². The topological polar surface area (TPSA) is 31.9 Å². The van der Waals surface area contributed by atoms with Gasteiger partial charge in [-0.15, -0.1) is 0 Å². The first kappa shape index (κ1) is 12.0. The number of hydrogen-bond acceptors (Lipinski definition) is 2. The van der Waals surface area contributed by atoms with E-state index < -0.39 is 0 Å². The monoisotopic (exact) mass is 259 g/mol. The number of aromatic nitrogens is 2. The minimum absolute atomic E-state index is 0.762. The normalized spacial score (nSPS) is 32.3. The molecule has 104 valence electrons. The number of fused-ring (bicyclic) bond motifs is 2. The highest BCUT2D eigenvalue weighted by Crippen LogP contribution is 2.41. The molecule has 3 heteroatoms. The second-order valence-electron chi connectivity index (χ2n) is 7.03. The summed E-state index contributed by atoms with van der Waals surface area (Å²) in [4.78, 5) is 2.52. The number of hydrogen-bond donors (Lipinski definition) is 1. The number of nitrogens with zero attached hydrogens (tertiary/aromatic N) is 2. The van der Waals surface area contributed by atoms with Crippen molar-refractivity contribution in [3.8, 4) is 0 Å². The van der Waals surface area contributed by atoms with Gasteiger partial charge >= 0.3 is 0 Å². The molecule has 0 aromatic carbocycles. The summed E-state index contributed by atoms with van der Waals surface area (Å²) in [6.45, 7) is 2.57. The molecule has 2 aliphatic carbocycles. The smallest absolute Gasteiger partial charge is 0.0687 e. The molecule has 0 radical (unpaired) electrons. The van der Waals surface area contributed by atoms with E-state index in [-0.39, 0.29) is 0 Å². The summed E-state index contributed by atoms with van der Waals surface area (Å²) in [5.74, 6) is 2.54. The summed E-state index contributed by atoms with van der Waals surface area (Å²) < 4.78 is 0. The molecule has 0 unspecified atom stereocenters. The first-order valence-corrected chi connectivity index (χ1v) is 8.06. The molecule has 1 saturated heterocycles. The molecule has 2 heterocycles. The molecule has 2 fully saturated rings. The van der Waals surface area contributed by atoms with E-state index in [2.05, 4.69) is 17.0 Å². The average molecular weight is 259 g/mol. The maximum atomic E-state index is 4.72. The Morgan fingerprint density at radius 1 is 1.11 bits per heavy atom. The van der Waals surface area contributed by atoms with Crippen molar-refractivity contribution in [2.45, 2.75) is 50.9 Å². The zero-order valence-corrected chi connectivity index (χ0v) is 12.0. The van der Waals surface area contributed by atoms with Gasteiger partial charge in [0, 0.05) is 18.2 Å². The van der Waals surface area contributed by atoms with Crippen LogP contribution in [0.4, 0.5) is 0 Å². The molecule has 1 saturated carbocycles. The largest absolute Gasteiger partial charge is 0.306 e. The van der Waals surface area contributed by atoms with Gasteiger partial charge < -0.3 is 4.90 Å². The van der Waals surface area contributed by atoms with Gasteiger partial charge in [0.05, 0.1) is 5.69 Å². The predicted octanol–water partition coefficient (Wildman–Crippen LogP) is 2.73. The molecule has 0 spiro atoms. The average Bonchev–Trinajstić information content (AvgIpc) is 3.04. The molecule has 1 aromatic heterocycles. The van der Waals surface area contributed by atoms with Gasteiger partial charge in [0.25, 0.3) is 0 Å².